The van der Waals surface area contributed by atoms with Gasteiger partial charge in [-0.1, -0.05) is 4.49 Å². The average molecular weight is 210 g/mol. The minimum absolute atomic E-state index is 0.393. The molecule has 0 saturated heterocycles. The number of nitrogens with zero attached hydrogens (tertiary/aromatic N) is 3. The molecule has 0 spiro atoms. The fraction of sp³-hybridized carbons (Fsp3) is 0.125. The summed E-state index contributed by atoms with van der Waals surface area (Å²) < 4.78 is 16.5. The van der Waals surface area contributed by atoms with E-state index in [2.05, 4.69) is 14.6 Å². The lowest BCUT2D eigenvalue weighted by atomic mass is 10.1. The minimum Gasteiger partial charge on any atom is -0.319 e. The summed E-state index contributed by atoms with van der Waals surface area (Å²) in [6, 6.07) is 0.954. The van der Waals surface area contributed by atoms with Crippen LogP contribution < -0.4 is 5.73 Å². The molecule has 72 valence electrons. The molecule has 2 rings (SSSR count). The quantitative estimate of drug-likeness (QED) is 0.806. The predicted molar refractivity (Wildman–Crippen MR) is 50.1 cm³/mol. The SMILES string of the molecule is NC(c1cncc(F)c1)c1cnns1. The van der Waals surface area contributed by atoms with Gasteiger partial charge in [-0.25, -0.2) is 4.39 Å². The average Bonchev–Trinajstić information content (AvgIpc) is 2.69. The zero-order valence-corrected chi connectivity index (χ0v) is 7.91. The minimum atomic E-state index is -0.404. The van der Waals surface area contributed by atoms with Crippen molar-refractivity contribution in [1.82, 2.24) is 14.6 Å². The molecule has 0 bridgehead atoms. The first-order chi connectivity index (χ1) is 6.77. The molecule has 6 heteroatoms. The number of aromatic nitrogens is 3. The molecule has 14 heavy (non-hydrogen) atoms. The molecule has 2 aromatic rings. The van der Waals surface area contributed by atoms with Crippen LogP contribution in [0, 0.1) is 5.82 Å². The van der Waals surface area contributed by atoms with E-state index < -0.39 is 11.9 Å². The molecule has 0 aliphatic carbocycles. The van der Waals surface area contributed by atoms with Gasteiger partial charge in [0.25, 0.3) is 0 Å². The van der Waals surface area contributed by atoms with Gasteiger partial charge >= 0.3 is 0 Å². The molecule has 1 unspecified atom stereocenters. The zero-order chi connectivity index (χ0) is 9.97. The fourth-order valence-corrected chi connectivity index (χ4v) is 1.61. The lowest BCUT2D eigenvalue weighted by Gasteiger charge is -2.07. The van der Waals surface area contributed by atoms with Gasteiger partial charge in [-0.3, -0.25) is 4.98 Å². The highest BCUT2D eigenvalue weighted by molar-refractivity contribution is 7.05. The van der Waals surface area contributed by atoms with Crippen molar-refractivity contribution < 1.29 is 4.39 Å². The summed E-state index contributed by atoms with van der Waals surface area (Å²) in [6.45, 7) is 0. The third kappa shape index (κ3) is 1.75. The lowest BCUT2D eigenvalue weighted by Crippen LogP contribution is -2.10. The third-order valence-corrected chi connectivity index (χ3v) is 2.52. The molecule has 0 saturated carbocycles. The second kappa shape index (κ2) is 3.77. The molecule has 2 N–H and O–H groups in total. The normalized spacial score (nSPS) is 12.7. The Morgan fingerprint density at radius 3 is 2.86 bits per heavy atom. The molecule has 0 radical (unpaired) electrons. The Hall–Kier alpha value is -1.40. The molecule has 0 aliphatic rings. The van der Waals surface area contributed by atoms with Gasteiger partial charge in [0.2, 0.25) is 0 Å². The standard InChI is InChI=1S/C8H7FN4S/c9-6-1-5(2-11-3-6)8(10)7-4-12-13-14-7/h1-4,8H,10H2. The van der Waals surface area contributed by atoms with Gasteiger partial charge in [0.05, 0.1) is 23.3 Å². The maximum absolute atomic E-state index is 12.8. The highest BCUT2D eigenvalue weighted by Crippen LogP contribution is 2.20. The maximum atomic E-state index is 12.8. The van der Waals surface area contributed by atoms with E-state index in [9.17, 15) is 4.39 Å². The van der Waals surface area contributed by atoms with Crippen molar-refractivity contribution in [3.05, 3.63) is 40.9 Å². The van der Waals surface area contributed by atoms with Crippen molar-refractivity contribution in [2.24, 2.45) is 5.73 Å². The van der Waals surface area contributed by atoms with Crippen LogP contribution in [0.4, 0.5) is 4.39 Å². The van der Waals surface area contributed by atoms with E-state index in [1.807, 2.05) is 0 Å². The van der Waals surface area contributed by atoms with E-state index in [1.54, 1.807) is 6.20 Å². The van der Waals surface area contributed by atoms with Crippen LogP contribution in [0.5, 0.6) is 0 Å². The highest BCUT2D eigenvalue weighted by atomic mass is 32.1. The smallest absolute Gasteiger partial charge is 0.141 e. The van der Waals surface area contributed by atoms with Gasteiger partial charge in [-0.2, -0.15) is 0 Å². The van der Waals surface area contributed by atoms with Crippen molar-refractivity contribution in [3.8, 4) is 0 Å². The van der Waals surface area contributed by atoms with Crippen LogP contribution in [0.2, 0.25) is 0 Å². The molecule has 0 fully saturated rings. The van der Waals surface area contributed by atoms with Crippen LogP contribution in [0.15, 0.2) is 24.7 Å². The Kier molecular flexibility index (Phi) is 2.47. The number of nitrogens with two attached hydrogens (primary N) is 1. The summed E-state index contributed by atoms with van der Waals surface area (Å²) in [5, 5.41) is 3.67. The summed E-state index contributed by atoms with van der Waals surface area (Å²) in [5.74, 6) is -0.393. The Morgan fingerprint density at radius 1 is 1.36 bits per heavy atom. The molecule has 2 heterocycles. The number of halogens is 1. The number of hydrogen-bond donors (Lipinski definition) is 1. The number of hydrogen-bond acceptors (Lipinski definition) is 5. The van der Waals surface area contributed by atoms with E-state index in [0.29, 0.717) is 5.56 Å². The molecule has 0 aliphatic heterocycles. The first-order valence-corrected chi connectivity index (χ1v) is 4.68. The summed E-state index contributed by atoms with van der Waals surface area (Å²) in [7, 11) is 0. The second-order valence-corrected chi connectivity index (χ2v) is 3.55. The van der Waals surface area contributed by atoms with E-state index in [0.717, 1.165) is 11.1 Å². The first-order valence-electron chi connectivity index (χ1n) is 3.90. The zero-order valence-electron chi connectivity index (χ0n) is 7.09. The topological polar surface area (TPSA) is 64.7 Å². The molecule has 4 nitrogen and oxygen atoms in total. The monoisotopic (exact) mass is 210 g/mol. The molecule has 2 aromatic heterocycles. The van der Waals surface area contributed by atoms with Crippen molar-refractivity contribution >= 4 is 11.5 Å². The number of pyridine rings is 1. The largest absolute Gasteiger partial charge is 0.319 e. The van der Waals surface area contributed by atoms with Gasteiger partial charge < -0.3 is 5.73 Å². The summed E-state index contributed by atoms with van der Waals surface area (Å²) in [6.07, 6.45) is 4.24. The second-order valence-electron chi connectivity index (χ2n) is 2.73. The van der Waals surface area contributed by atoms with Gasteiger partial charge in [-0.15, -0.1) is 5.10 Å². The van der Waals surface area contributed by atoms with Crippen molar-refractivity contribution in [2.75, 3.05) is 0 Å². The van der Waals surface area contributed by atoms with Gasteiger partial charge in [0.1, 0.15) is 5.82 Å². The van der Waals surface area contributed by atoms with E-state index in [-0.39, 0.29) is 0 Å². The van der Waals surface area contributed by atoms with Crippen molar-refractivity contribution in [3.63, 3.8) is 0 Å². The molecular weight excluding hydrogens is 203 g/mol. The Balaban J connectivity index is 2.32. The molecule has 1 atom stereocenters. The van der Waals surface area contributed by atoms with E-state index in [1.165, 1.54) is 23.8 Å². The maximum Gasteiger partial charge on any atom is 0.141 e. The Morgan fingerprint density at radius 2 is 2.21 bits per heavy atom. The van der Waals surface area contributed by atoms with Gasteiger partial charge in [0.15, 0.2) is 0 Å². The van der Waals surface area contributed by atoms with Crippen LogP contribution in [-0.4, -0.2) is 14.6 Å². The summed E-state index contributed by atoms with van der Waals surface area (Å²) >= 11 is 1.20. The van der Waals surface area contributed by atoms with Gasteiger partial charge in [0, 0.05) is 6.20 Å². The Bertz CT molecular complexity index is 417. The molecule has 0 amide bonds. The predicted octanol–water partition coefficient (Wildman–Crippen LogP) is 1.12. The van der Waals surface area contributed by atoms with E-state index in [4.69, 9.17) is 5.73 Å². The Labute approximate surface area is 83.8 Å². The fourth-order valence-electron chi connectivity index (χ4n) is 1.07. The third-order valence-electron chi connectivity index (χ3n) is 1.77. The van der Waals surface area contributed by atoms with Crippen molar-refractivity contribution in [2.45, 2.75) is 6.04 Å². The van der Waals surface area contributed by atoms with Crippen LogP contribution >= 0.6 is 11.5 Å². The van der Waals surface area contributed by atoms with E-state index >= 15 is 0 Å². The van der Waals surface area contributed by atoms with Crippen LogP contribution in [0.3, 0.4) is 0 Å². The van der Waals surface area contributed by atoms with Gasteiger partial charge in [-0.05, 0) is 23.2 Å². The molecular formula is C8H7FN4S. The summed E-state index contributed by atoms with van der Waals surface area (Å²) in [4.78, 5) is 4.51. The van der Waals surface area contributed by atoms with Crippen LogP contribution in [0.25, 0.3) is 0 Å². The first kappa shape index (κ1) is 9.17. The number of rotatable bonds is 2. The summed E-state index contributed by atoms with van der Waals surface area (Å²) in [5.41, 5.74) is 6.47. The molecule has 0 aromatic carbocycles. The van der Waals surface area contributed by atoms with Crippen molar-refractivity contribution in [1.29, 1.82) is 0 Å². The van der Waals surface area contributed by atoms with Crippen LogP contribution in [0.1, 0.15) is 16.5 Å². The highest BCUT2D eigenvalue weighted by Gasteiger charge is 2.12. The lowest BCUT2D eigenvalue weighted by molar-refractivity contribution is 0.616. The van der Waals surface area contributed by atoms with Crippen LogP contribution in [-0.2, 0) is 0 Å².